The predicted octanol–water partition coefficient (Wildman–Crippen LogP) is 3.22. The van der Waals surface area contributed by atoms with Gasteiger partial charge in [-0.05, 0) is 31.4 Å². The van der Waals surface area contributed by atoms with Crippen LogP contribution in [0.25, 0.3) is 0 Å². The topological polar surface area (TPSA) is 55.6 Å². The van der Waals surface area contributed by atoms with Gasteiger partial charge in [0.15, 0.2) is 0 Å². The fourth-order valence-electron chi connectivity index (χ4n) is 2.71. The van der Waals surface area contributed by atoms with E-state index in [9.17, 15) is 4.79 Å². The fraction of sp³-hybridized carbons (Fsp3) is 0.533. The highest BCUT2D eigenvalue weighted by atomic mass is 35.5. The number of carbonyl (C=O) groups is 1. The molecule has 2 aliphatic rings. The fourth-order valence-corrected chi connectivity index (χ4v) is 3.13. The lowest BCUT2D eigenvalue weighted by Gasteiger charge is -2.26. The molecule has 2 N–H and O–H groups in total. The van der Waals surface area contributed by atoms with Crippen molar-refractivity contribution in [3.63, 3.8) is 0 Å². The lowest BCUT2D eigenvalue weighted by atomic mass is 10.1. The van der Waals surface area contributed by atoms with E-state index in [2.05, 4.69) is 0 Å². The van der Waals surface area contributed by atoms with Gasteiger partial charge in [-0.3, -0.25) is 4.79 Å². The van der Waals surface area contributed by atoms with Crippen molar-refractivity contribution in [2.75, 3.05) is 25.5 Å². The van der Waals surface area contributed by atoms with Gasteiger partial charge in [0.25, 0.3) is 5.91 Å². The van der Waals surface area contributed by atoms with Crippen LogP contribution in [-0.2, 0) is 4.74 Å². The zero-order valence-corrected chi connectivity index (χ0v) is 13.2. The Bertz CT molecular complexity index is 555. The maximum atomic E-state index is 12.8. The van der Waals surface area contributed by atoms with Crippen molar-refractivity contribution in [2.45, 2.75) is 25.3 Å². The van der Waals surface area contributed by atoms with Crippen molar-refractivity contribution in [2.24, 2.45) is 5.92 Å². The van der Waals surface area contributed by atoms with Gasteiger partial charge in [-0.2, -0.15) is 0 Å². The number of nitrogens with zero attached hydrogens (tertiary/aromatic N) is 1. The molecule has 1 aromatic rings. The molecule has 0 spiro atoms. The number of nitrogens with two attached hydrogens (primary N) is 1. The zero-order chi connectivity index (χ0) is 15.0. The number of ether oxygens (including phenoxy) is 1. The minimum absolute atomic E-state index is 0.0800. The monoisotopic (exact) mass is 328 g/mol. The maximum absolute atomic E-state index is 12.8. The highest BCUT2D eigenvalue weighted by Crippen LogP contribution is 2.34. The van der Waals surface area contributed by atoms with Crippen molar-refractivity contribution in [3.05, 3.63) is 27.7 Å². The van der Waals surface area contributed by atoms with Crippen molar-refractivity contribution < 1.29 is 9.53 Å². The van der Waals surface area contributed by atoms with E-state index in [1.807, 2.05) is 4.90 Å². The quantitative estimate of drug-likeness (QED) is 0.863. The summed E-state index contributed by atoms with van der Waals surface area (Å²) in [6, 6.07) is 3.48. The number of amides is 1. The van der Waals surface area contributed by atoms with Gasteiger partial charge >= 0.3 is 0 Å². The number of benzene rings is 1. The van der Waals surface area contributed by atoms with Gasteiger partial charge in [-0.15, -0.1) is 0 Å². The highest BCUT2D eigenvalue weighted by molar-refractivity contribution is 6.44. The number of halogens is 2. The summed E-state index contributed by atoms with van der Waals surface area (Å²) in [4.78, 5) is 14.7. The molecule has 21 heavy (non-hydrogen) atoms. The molecule has 1 aliphatic carbocycles. The number of hydrogen-bond acceptors (Lipinski definition) is 3. The van der Waals surface area contributed by atoms with E-state index in [0.29, 0.717) is 34.8 Å². The summed E-state index contributed by atoms with van der Waals surface area (Å²) < 4.78 is 5.40. The second-order valence-electron chi connectivity index (χ2n) is 5.78. The Morgan fingerprint density at radius 2 is 2.10 bits per heavy atom. The Balaban J connectivity index is 1.83. The first kappa shape index (κ1) is 14.9. The third kappa shape index (κ3) is 3.28. The molecular weight excluding hydrogens is 311 g/mol. The summed E-state index contributed by atoms with van der Waals surface area (Å²) in [6.45, 7) is 2.22. The molecule has 1 atom stereocenters. The first-order chi connectivity index (χ1) is 10.1. The predicted molar refractivity (Wildman–Crippen MR) is 83.9 cm³/mol. The molecule has 1 saturated carbocycles. The van der Waals surface area contributed by atoms with Gasteiger partial charge in [0.1, 0.15) is 0 Å². The highest BCUT2D eigenvalue weighted by Gasteiger charge is 2.36. The van der Waals surface area contributed by atoms with Gasteiger partial charge in [0.05, 0.1) is 22.2 Å². The number of carbonyl (C=O) groups excluding carboxylic acids is 1. The molecule has 0 radical (unpaired) electrons. The summed E-state index contributed by atoms with van der Waals surface area (Å²) in [7, 11) is 0. The third-order valence-corrected chi connectivity index (χ3v) is 4.81. The summed E-state index contributed by atoms with van der Waals surface area (Å²) in [5.41, 5.74) is 6.64. The van der Waals surface area contributed by atoms with Crippen LogP contribution < -0.4 is 5.73 Å². The zero-order valence-electron chi connectivity index (χ0n) is 11.6. The van der Waals surface area contributed by atoms with E-state index < -0.39 is 0 Å². The van der Waals surface area contributed by atoms with Crippen molar-refractivity contribution in [1.29, 1.82) is 0 Å². The van der Waals surface area contributed by atoms with E-state index in [-0.39, 0.29) is 10.9 Å². The van der Waals surface area contributed by atoms with Crippen LogP contribution in [0.3, 0.4) is 0 Å². The van der Waals surface area contributed by atoms with Crippen LogP contribution in [0.4, 0.5) is 5.69 Å². The van der Waals surface area contributed by atoms with Crippen LogP contribution in [0.5, 0.6) is 0 Å². The molecule has 1 amide bonds. The average molecular weight is 329 g/mol. The van der Waals surface area contributed by atoms with E-state index in [4.69, 9.17) is 33.7 Å². The Hall–Kier alpha value is -0.970. The number of anilines is 1. The third-order valence-electron chi connectivity index (χ3n) is 4.01. The molecule has 0 bridgehead atoms. The molecule has 0 aromatic heterocycles. The lowest BCUT2D eigenvalue weighted by Crippen LogP contribution is -2.37. The van der Waals surface area contributed by atoms with Crippen LogP contribution in [0.1, 0.15) is 29.6 Å². The second kappa shape index (κ2) is 6.03. The standard InChI is InChI=1S/C15H18Cl2N2O2/c16-13-6-10(18)5-12(14(13)17)15(20)19(11-1-2-11)7-9-3-4-21-8-9/h5-6,9,11H,1-4,7-8,18H2. The largest absolute Gasteiger partial charge is 0.399 e. The summed E-state index contributed by atoms with van der Waals surface area (Å²) >= 11 is 12.2. The van der Waals surface area contributed by atoms with Crippen LogP contribution in [0.2, 0.25) is 10.0 Å². The van der Waals surface area contributed by atoms with Gasteiger partial charge in [0.2, 0.25) is 0 Å². The first-order valence-electron chi connectivity index (χ1n) is 7.19. The average Bonchev–Trinajstić information content (AvgIpc) is 3.16. The van der Waals surface area contributed by atoms with Gasteiger partial charge in [-0.1, -0.05) is 23.2 Å². The van der Waals surface area contributed by atoms with E-state index >= 15 is 0 Å². The van der Waals surface area contributed by atoms with Crippen LogP contribution >= 0.6 is 23.2 Å². The summed E-state index contributed by atoms with van der Waals surface area (Å²) in [5.74, 6) is 0.327. The number of hydrogen-bond donors (Lipinski definition) is 1. The minimum Gasteiger partial charge on any atom is -0.399 e. The van der Waals surface area contributed by atoms with E-state index in [0.717, 1.165) is 32.5 Å². The molecule has 114 valence electrons. The molecule has 1 aliphatic heterocycles. The van der Waals surface area contributed by atoms with Gasteiger partial charge in [0, 0.05) is 30.8 Å². The van der Waals surface area contributed by atoms with Crippen molar-refractivity contribution in [3.8, 4) is 0 Å². The maximum Gasteiger partial charge on any atom is 0.255 e. The molecule has 3 rings (SSSR count). The van der Waals surface area contributed by atoms with Crippen LogP contribution in [0, 0.1) is 5.92 Å². The van der Waals surface area contributed by atoms with Gasteiger partial charge in [-0.25, -0.2) is 0 Å². The SMILES string of the molecule is Nc1cc(Cl)c(Cl)c(C(=O)N(CC2CCOC2)C2CC2)c1. The molecule has 6 heteroatoms. The van der Waals surface area contributed by atoms with Crippen LogP contribution in [-0.4, -0.2) is 36.6 Å². The van der Waals surface area contributed by atoms with Crippen molar-refractivity contribution >= 4 is 34.8 Å². The normalized spacial score (nSPS) is 21.5. The minimum atomic E-state index is -0.0800. The molecule has 4 nitrogen and oxygen atoms in total. The number of nitrogen functional groups attached to an aromatic ring is 1. The Morgan fingerprint density at radius 1 is 1.33 bits per heavy atom. The second-order valence-corrected chi connectivity index (χ2v) is 6.57. The van der Waals surface area contributed by atoms with Gasteiger partial charge < -0.3 is 15.4 Å². The summed E-state index contributed by atoms with van der Waals surface area (Å²) in [6.07, 6.45) is 3.10. The molecule has 2 fully saturated rings. The molecule has 1 unspecified atom stereocenters. The Morgan fingerprint density at radius 3 is 2.71 bits per heavy atom. The smallest absolute Gasteiger partial charge is 0.255 e. The molecule has 1 aromatic carbocycles. The molecular formula is C15H18Cl2N2O2. The van der Waals surface area contributed by atoms with Crippen molar-refractivity contribution in [1.82, 2.24) is 4.90 Å². The van der Waals surface area contributed by atoms with E-state index in [1.165, 1.54) is 0 Å². The Labute approximate surface area is 134 Å². The summed E-state index contributed by atoms with van der Waals surface area (Å²) in [5, 5.41) is 0.601. The van der Waals surface area contributed by atoms with E-state index in [1.54, 1.807) is 12.1 Å². The van der Waals surface area contributed by atoms with Crippen LogP contribution in [0.15, 0.2) is 12.1 Å². The Kier molecular flexibility index (Phi) is 4.29. The molecule has 1 saturated heterocycles. The first-order valence-corrected chi connectivity index (χ1v) is 7.95. The molecule has 1 heterocycles. The number of rotatable bonds is 4. The lowest BCUT2D eigenvalue weighted by molar-refractivity contribution is 0.0706.